The number of hydrogen-bond donors (Lipinski definition) is 1. The fraction of sp³-hybridized carbons (Fsp3) is 0.667. The quantitative estimate of drug-likeness (QED) is 0.619. The van der Waals surface area contributed by atoms with Crippen LogP contribution in [0.1, 0.15) is 13.3 Å². The van der Waals surface area contributed by atoms with Gasteiger partial charge >= 0.3 is 5.97 Å². The molecule has 2 unspecified atom stereocenters. The monoisotopic (exact) mass is 214 g/mol. The summed E-state index contributed by atoms with van der Waals surface area (Å²) in [6, 6.07) is -1.42. The molecule has 6 heteroatoms. The molecule has 2 atom stereocenters. The van der Waals surface area contributed by atoms with Crippen LogP contribution in [-0.2, 0) is 14.4 Å². The summed E-state index contributed by atoms with van der Waals surface area (Å²) in [6.07, 6.45) is 0.0590. The minimum Gasteiger partial charge on any atom is -0.480 e. The summed E-state index contributed by atoms with van der Waals surface area (Å²) >= 11 is 0. The van der Waals surface area contributed by atoms with E-state index in [0.29, 0.717) is 0 Å². The third kappa shape index (κ3) is 1.99. The fourth-order valence-corrected chi connectivity index (χ4v) is 1.50. The summed E-state index contributed by atoms with van der Waals surface area (Å²) < 4.78 is 0. The number of likely N-dealkylation sites (tertiary alicyclic amines) is 1. The van der Waals surface area contributed by atoms with Crippen molar-refractivity contribution >= 4 is 17.8 Å². The second-order valence-corrected chi connectivity index (χ2v) is 3.69. The molecule has 0 aromatic heterocycles. The highest BCUT2D eigenvalue weighted by molar-refractivity contribution is 6.05. The summed E-state index contributed by atoms with van der Waals surface area (Å²) in [5.74, 6) is -1.61. The number of likely N-dealkylation sites (N-methyl/N-ethyl adjacent to an activating group) is 2. The fourth-order valence-electron chi connectivity index (χ4n) is 1.50. The van der Waals surface area contributed by atoms with Crippen molar-refractivity contribution in [2.75, 3.05) is 14.1 Å². The highest BCUT2D eigenvalue weighted by Crippen LogP contribution is 2.17. The van der Waals surface area contributed by atoms with Crippen molar-refractivity contribution in [1.29, 1.82) is 0 Å². The zero-order chi connectivity index (χ0) is 11.7. The van der Waals surface area contributed by atoms with E-state index in [9.17, 15) is 14.4 Å². The molecule has 2 amide bonds. The second-order valence-electron chi connectivity index (χ2n) is 3.69. The molecule has 6 nitrogen and oxygen atoms in total. The van der Waals surface area contributed by atoms with E-state index in [1.807, 2.05) is 0 Å². The van der Waals surface area contributed by atoms with Crippen molar-refractivity contribution in [1.82, 2.24) is 9.80 Å². The largest absolute Gasteiger partial charge is 0.480 e. The number of hydrogen-bond acceptors (Lipinski definition) is 4. The van der Waals surface area contributed by atoms with Crippen LogP contribution in [0.3, 0.4) is 0 Å². The Balaban J connectivity index is 2.78. The molecule has 1 rings (SSSR count). The lowest BCUT2D eigenvalue weighted by atomic mass is 10.1. The minimum atomic E-state index is -1.01. The van der Waals surface area contributed by atoms with Gasteiger partial charge in [0.15, 0.2) is 0 Å². The van der Waals surface area contributed by atoms with Gasteiger partial charge in [-0.05, 0) is 14.0 Å². The minimum absolute atomic E-state index is 0.0590. The van der Waals surface area contributed by atoms with E-state index in [4.69, 9.17) is 5.11 Å². The van der Waals surface area contributed by atoms with E-state index in [1.165, 1.54) is 25.9 Å². The van der Waals surface area contributed by atoms with Crippen LogP contribution in [0.5, 0.6) is 0 Å². The van der Waals surface area contributed by atoms with Gasteiger partial charge < -0.3 is 5.11 Å². The van der Waals surface area contributed by atoms with E-state index in [0.717, 1.165) is 4.90 Å². The molecule has 0 bridgehead atoms. The van der Waals surface area contributed by atoms with Crippen LogP contribution >= 0.6 is 0 Å². The van der Waals surface area contributed by atoms with Crippen molar-refractivity contribution in [2.24, 2.45) is 0 Å². The summed E-state index contributed by atoms with van der Waals surface area (Å²) in [7, 11) is 2.94. The molecule has 0 radical (unpaired) electrons. The number of aliphatic carboxylic acids is 1. The van der Waals surface area contributed by atoms with Crippen LogP contribution in [0.4, 0.5) is 0 Å². The van der Waals surface area contributed by atoms with Gasteiger partial charge in [-0.1, -0.05) is 0 Å². The topological polar surface area (TPSA) is 77.9 Å². The molecule has 1 saturated heterocycles. The highest BCUT2D eigenvalue weighted by atomic mass is 16.4. The maximum atomic E-state index is 11.6. The Hall–Kier alpha value is -1.43. The van der Waals surface area contributed by atoms with Crippen LogP contribution in [0, 0.1) is 0 Å². The Morgan fingerprint density at radius 1 is 1.60 bits per heavy atom. The molecule has 1 heterocycles. The van der Waals surface area contributed by atoms with Crippen LogP contribution in [0.25, 0.3) is 0 Å². The van der Waals surface area contributed by atoms with E-state index in [2.05, 4.69) is 0 Å². The maximum absolute atomic E-state index is 11.6. The Labute approximate surface area is 87.5 Å². The average Bonchev–Trinajstić information content (AvgIpc) is 2.43. The van der Waals surface area contributed by atoms with Gasteiger partial charge in [-0.25, -0.2) is 0 Å². The molecule has 0 aromatic carbocycles. The van der Waals surface area contributed by atoms with Gasteiger partial charge in [-0.3, -0.25) is 24.2 Å². The molecular formula is C9H14N2O4. The number of carboxylic acids is 1. The van der Waals surface area contributed by atoms with E-state index in [-0.39, 0.29) is 18.2 Å². The smallest absolute Gasteiger partial charge is 0.320 e. The number of carboxylic acid groups (broad SMARTS) is 1. The summed E-state index contributed by atoms with van der Waals surface area (Å²) in [5.41, 5.74) is 0. The maximum Gasteiger partial charge on any atom is 0.320 e. The predicted molar refractivity (Wildman–Crippen MR) is 51.0 cm³/mol. The van der Waals surface area contributed by atoms with Gasteiger partial charge in [-0.15, -0.1) is 0 Å². The number of carbonyl (C=O) groups is 3. The SMILES string of the molecule is CC(C(=O)O)N(C)C1CC(=O)N(C)C1=O. The summed E-state index contributed by atoms with van der Waals surface area (Å²) in [6.45, 7) is 1.48. The predicted octanol–water partition coefficient (Wildman–Crippen LogP) is -0.851. The van der Waals surface area contributed by atoms with Crippen molar-refractivity contribution < 1.29 is 19.5 Å². The molecule has 0 aromatic rings. The van der Waals surface area contributed by atoms with Gasteiger partial charge in [0.25, 0.3) is 0 Å². The van der Waals surface area contributed by atoms with Crippen molar-refractivity contribution in [3.05, 3.63) is 0 Å². The standard InChI is InChI=1S/C9H14N2O4/c1-5(9(14)15)10(2)6-4-7(12)11(3)8(6)13/h5-6H,4H2,1-3H3,(H,14,15). The molecule has 0 aliphatic carbocycles. The van der Waals surface area contributed by atoms with E-state index in [1.54, 1.807) is 0 Å². The molecule has 84 valence electrons. The Bertz CT molecular complexity index is 315. The van der Waals surface area contributed by atoms with E-state index < -0.39 is 18.1 Å². The average molecular weight is 214 g/mol. The number of carbonyl (C=O) groups excluding carboxylic acids is 2. The third-order valence-electron chi connectivity index (χ3n) is 2.82. The molecule has 1 aliphatic heterocycles. The summed E-state index contributed by atoms with van der Waals surface area (Å²) in [4.78, 5) is 35.9. The number of amides is 2. The zero-order valence-electron chi connectivity index (χ0n) is 8.93. The van der Waals surface area contributed by atoms with Gasteiger partial charge in [0.1, 0.15) is 6.04 Å². The van der Waals surface area contributed by atoms with Crippen LogP contribution in [0.2, 0.25) is 0 Å². The van der Waals surface area contributed by atoms with Crippen molar-refractivity contribution in [3.63, 3.8) is 0 Å². The molecule has 15 heavy (non-hydrogen) atoms. The van der Waals surface area contributed by atoms with E-state index >= 15 is 0 Å². The van der Waals surface area contributed by atoms with Gasteiger partial charge in [0, 0.05) is 7.05 Å². The molecule has 0 spiro atoms. The first kappa shape index (κ1) is 11.6. The second kappa shape index (κ2) is 3.98. The van der Waals surface area contributed by atoms with Gasteiger partial charge in [0.05, 0.1) is 12.5 Å². The number of rotatable bonds is 3. The van der Waals surface area contributed by atoms with Crippen molar-refractivity contribution in [3.8, 4) is 0 Å². The van der Waals surface area contributed by atoms with Gasteiger partial charge in [0.2, 0.25) is 11.8 Å². The van der Waals surface area contributed by atoms with Crippen LogP contribution in [-0.4, -0.2) is 58.9 Å². The zero-order valence-corrected chi connectivity index (χ0v) is 8.93. The lowest BCUT2D eigenvalue weighted by molar-refractivity contribution is -0.144. The molecule has 1 fully saturated rings. The summed E-state index contributed by atoms with van der Waals surface area (Å²) in [5, 5.41) is 8.78. The molecular weight excluding hydrogens is 200 g/mol. The molecule has 0 saturated carbocycles. The highest BCUT2D eigenvalue weighted by Gasteiger charge is 2.40. The first-order chi connectivity index (χ1) is 6.86. The molecule has 1 aliphatic rings. The molecule has 1 N–H and O–H groups in total. The normalized spacial score (nSPS) is 23.7. The van der Waals surface area contributed by atoms with Crippen molar-refractivity contribution in [2.45, 2.75) is 25.4 Å². The lowest BCUT2D eigenvalue weighted by Crippen LogP contribution is -2.46. The van der Waals surface area contributed by atoms with Crippen LogP contribution < -0.4 is 0 Å². The first-order valence-corrected chi connectivity index (χ1v) is 4.61. The first-order valence-electron chi connectivity index (χ1n) is 4.61. The number of imide groups is 1. The lowest BCUT2D eigenvalue weighted by Gasteiger charge is -2.25. The van der Waals surface area contributed by atoms with Crippen LogP contribution in [0.15, 0.2) is 0 Å². The van der Waals surface area contributed by atoms with Gasteiger partial charge in [-0.2, -0.15) is 0 Å². The Kier molecular flexibility index (Phi) is 3.09. The Morgan fingerprint density at radius 3 is 2.47 bits per heavy atom. The number of nitrogens with zero attached hydrogens (tertiary/aromatic N) is 2. The Morgan fingerprint density at radius 2 is 2.13 bits per heavy atom. The third-order valence-corrected chi connectivity index (χ3v) is 2.82.